The second-order valence-corrected chi connectivity index (χ2v) is 6.47. The van der Waals surface area contributed by atoms with Crippen LogP contribution in [0.2, 0.25) is 0 Å². The summed E-state index contributed by atoms with van der Waals surface area (Å²) in [6, 6.07) is 14.3. The number of likely N-dealkylation sites (tertiary alicyclic amines) is 1. The molecule has 1 fully saturated rings. The minimum Gasteiger partial charge on any atom is -0.495 e. The van der Waals surface area contributed by atoms with Crippen molar-refractivity contribution in [3.05, 3.63) is 59.7 Å². The largest absolute Gasteiger partial charge is 0.495 e. The number of piperidine rings is 1. The predicted octanol–water partition coefficient (Wildman–Crippen LogP) is 3.60. The van der Waals surface area contributed by atoms with Crippen molar-refractivity contribution in [2.75, 3.05) is 32.1 Å². The first-order valence-electron chi connectivity index (χ1n) is 8.92. The summed E-state index contributed by atoms with van der Waals surface area (Å²) in [5, 5.41) is 0. The number of ether oxygens (including phenoxy) is 1. The van der Waals surface area contributed by atoms with Crippen LogP contribution in [0.25, 0.3) is 0 Å². The topological polar surface area (TPSA) is 49.9 Å². The van der Waals surface area contributed by atoms with E-state index < -0.39 is 0 Å². The van der Waals surface area contributed by atoms with Crippen molar-refractivity contribution in [3.63, 3.8) is 0 Å². The lowest BCUT2D eigenvalue weighted by molar-refractivity contribution is 0.0724. The molecule has 1 aliphatic heterocycles. The van der Waals surface area contributed by atoms with Crippen LogP contribution < -0.4 is 9.64 Å². The van der Waals surface area contributed by atoms with Gasteiger partial charge in [0.15, 0.2) is 0 Å². The standard InChI is InChI=1S/C21H24N2O3/c1-22(18-8-4-5-9-19(18)26-2)20(24)16-10-12-17(13-11-16)21(25)23-14-6-3-7-15-23/h4-5,8-13H,3,6-7,14-15H2,1-2H3. The third kappa shape index (κ3) is 3.72. The van der Waals surface area contributed by atoms with E-state index in [0.29, 0.717) is 22.6 Å². The van der Waals surface area contributed by atoms with Crippen LogP contribution in [-0.2, 0) is 0 Å². The zero-order chi connectivity index (χ0) is 18.5. The lowest BCUT2D eigenvalue weighted by Crippen LogP contribution is -2.35. The molecule has 2 amide bonds. The molecule has 5 heteroatoms. The van der Waals surface area contributed by atoms with Gasteiger partial charge in [0.05, 0.1) is 12.8 Å². The van der Waals surface area contributed by atoms with E-state index in [2.05, 4.69) is 0 Å². The van der Waals surface area contributed by atoms with Gasteiger partial charge in [-0.15, -0.1) is 0 Å². The van der Waals surface area contributed by atoms with Crippen molar-refractivity contribution in [2.45, 2.75) is 19.3 Å². The van der Waals surface area contributed by atoms with Gasteiger partial charge in [-0.05, 0) is 55.7 Å². The maximum Gasteiger partial charge on any atom is 0.258 e. The SMILES string of the molecule is COc1ccccc1N(C)C(=O)c1ccc(C(=O)N2CCCCC2)cc1. The van der Waals surface area contributed by atoms with Gasteiger partial charge in [-0.3, -0.25) is 9.59 Å². The van der Waals surface area contributed by atoms with E-state index in [0.717, 1.165) is 25.9 Å². The Kier molecular flexibility index (Phi) is 5.56. The molecule has 5 nitrogen and oxygen atoms in total. The van der Waals surface area contributed by atoms with E-state index in [1.54, 1.807) is 43.3 Å². The summed E-state index contributed by atoms with van der Waals surface area (Å²) in [7, 11) is 3.30. The number of rotatable bonds is 4. The number of nitrogens with zero attached hydrogens (tertiary/aromatic N) is 2. The summed E-state index contributed by atoms with van der Waals surface area (Å²) < 4.78 is 5.33. The zero-order valence-electron chi connectivity index (χ0n) is 15.3. The van der Waals surface area contributed by atoms with Crippen molar-refractivity contribution < 1.29 is 14.3 Å². The molecule has 0 spiro atoms. The third-order valence-electron chi connectivity index (χ3n) is 4.77. The molecule has 26 heavy (non-hydrogen) atoms. The van der Waals surface area contributed by atoms with Gasteiger partial charge < -0.3 is 14.5 Å². The van der Waals surface area contributed by atoms with Crippen molar-refractivity contribution >= 4 is 17.5 Å². The molecular formula is C21H24N2O3. The Morgan fingerprint density at radius 3 is 2.19 bits per heavy atom. The minimum atomic E-state index is -0.147. The molecule has 0 N–H and O–H groups in total. The summed E-state index contributed by atoms with van der Waals surface area (Å²) in [6.45, 7) is 1.63. The van der Waals surface area contributed by atoms with Gasteiger partial charge in [0.2, 0.25) is 0 Å². The van der Waals surface area contributed by atoms with Gasteiger partial charge in [-0.25, -0.2) is 0 Å². The van der Waals surface area contributed by atoms with Crippen molar-refractivity contribution in [1.29, 1.82) is 0 Å². The second kappa shape index (κ2) is 8.04. The fourth-order valence-corrected chi connectivity index (χ4v) is 3.24. The molecule has 1 saturated heterocycles. The van der Waals surface area contributed by atoms with Crippen LogP contribution in [0.4, 0.5) is 5.69 Å². The van der Waals surface area contributed by atoms with E-state index in [4.69, 9.17) is 4.74 Å². The maximum absolute atomic E-state index is 12.8. The van der Waals surface area contributed by atoms with Gasteiger partial charge in [0.1, 0.15) is 5.75 Å². The number of amides is 2. The third-order valence-corrected chi connectivity index (χ3v) is 4.77. The van der Waals surface area contributed by atoms with E-state index in [-0.39, 0.29) is 11.8 Å². The lowest BCUT2D eigenvalue weighted by atomic mass is 10.1. The van der Waals surface area contributed by atoms with E-state index in [1.807, 2.05) is 29.2 Å². The number of carbonyl (C=O) groups excluding carboxylic acids is 2. The molecule has 2 aromatic carbocycles. The number of hydrogen-bond donors (Lipinski definition) is 0. The summed E-state index contributed by atoms with van der Waals surface area (Å²) in [5.41, 5.74) is 1.87. The average Bonchev–Trinajstić information content (AvgIpc) is 2.73. The zero-order valence-corrected chi connectivity index (χ0v) is 15.3. The van der Waals surface area contributed by atoms with Gasteiger partial charge in [0, 0.05) is 31.3 Å². The molecule has 136 valence electrons. The highest BCUT2D eigenvalue weighted by Crippen LogP contribution is 2.27. The molecule has 1 heterocycles. The molecular weight excluding hydrogens is 328 g/mol. The quantitative estimate of drug-likeness (QED) is 0.845. The Bertz CT molecular complexity index is 780. The molecule has 0 aromatic heterocycles. The van der Waals surface area contributed by atoms with Crippen LogP contribution in [0.3, 0.4) is 0 Å². The number of carbonyl (C=O) groups is 2. The monoisotopic (exact) mass is 352 g/mol. The van der Waals surface area contributed by atoms with Crippen LogP contribution in [0.5, 0.6) is 5.75 Å². The van der Waals surface area contributed by atoms with Gasteiger partial charge in [-0.1, -0.05) is 12.1 Å². The number of hydrogen-bond acceptors (Lipinski definition) is 3. The van der Waals surface area contributed by atoms with Crippen LogP contribution in [-0.4, -0.2) is 44.0 Å². The average molecular weight is 352 g/mol. The number of methoxy groups -OCH3 is 1. The number of para-hydroxylation sites is 2. The molecule has 0 saturated carbocycles. The van der Waals surface area contributed by atoms with E-state index in [1.165, 1.54) is 6.42 Å². The Labute approximate surface area is 154 Å². The summed E-state index contributed by atoms with van der Waals surface area (Å²) in [5.74, 6) is 0.536. The smallest absolute Gasteiger partial charge is 0.258 e. The van der Waals surface area contributed by atoms with Crippen molar-refractivity contribution in [2.24, 2.45) is 0 Å². The highest BCUT2D eigenvalue weighted by Gasteiger charge is 2.20. The predicted molar refractivity (Wildman–Crippen MR) is 102 cm³/mol. The molecule has 3 rings (SSSR count). The number of anilines is 1. The molecule has 0 unspecified atom stereocenters. The van der Waals surface area contributed by atoms with Gasteiger partial charge in [-0.2, -0.15) is 0 Å². The first kappa shape index (κ1) is 18.0. The lowest BCUT2D eigenvalue weighted by Gasteiger charge is -2.26. The molecule has 0 aliphatic carbocycles. The van der Waals surface area contributed by atoms with Crippen LogP contribution >= 0.6 is 0 Å². The van der Waals surface area contributed by atoms with E-state index >= 15 is 0 Å². The maximum atomic E-state index is 12.8. The molecule has 0 radical (unpaired) electrons. The summed E-state index contributed by atoms with van der Waals surface area (Å²) >= 11 is 0. The Morgan fingerprint density at radius 2 is 1.54 bits per heavy atom. The van der Waals surface area contributed by atoms with Crippen molar-refractivity contribution in [1.82, 2.24) is 4.90 Å². The second-order valence-electron chi connectivity index (χ2n) is 6.47. The minimum absolute atomic E-state index is 0.0433. The normalized spacial score (nSPS) is 14.0. The first-order valence-corrected chi connectivity index (χ1v) is 8.92. The van der Waals surface area contributed by atoms with Crippen molar-refractivity contribution in [3.8, 4) is 5.75 Å². The fourth-order valence-electron chi connectivity index (χ4n) is 3.24. The molecule has 0 atom stereocenters. The molecule has 1 aliphatic rings. The van der Waals surface area contributed by atoms with Crippen LogP contribution in [0.1, 0.15) is 40.0 Å². The first-order chi connectivity index (χ1) is 12.6. The van der Waals surface area contributed by atoms with Crippen LogP contribution in [0, 0.1) is 0 Å². The highest BCUT2D eigenvalue weighted by molar-refractivity contribution is 6.07. The van der Waals surface area contributed by atoms with E-state index in [9.17, 15) is 9.59 Å². The molecule has 0 bridgehead atoms. The molecule has 2 aromatic rings. The van der Waals surface area contributed by atoms with Gasteiger partial charge in [0.25, 0.3) is 11.8 Å². The Hall–Kier alpha value is -2.82. The summed E-state index contributed by atoms with van der Waals surface area (Å²) in [4.78, 5) is 28.8. The number of benzene rings is 2. The van der Waals surface area contributed by atoms with Crippen LogP contribution in [0.15, 0.2) is 48.5 Å². The Morgan fingerprint density at radius 1 is 0.923 bits per heavy atom. The Balaban J connectivity index is 1.75. The highest BCUT2D eigenvalue weighted by atomic mass is 16.5. The summed E-state index contributed by atoms with van der Waals surface area (Å²) in [6.07, 6.45) is 3.31. The van der Waals surface area contributed by atoms with Gasteiger partial charge >= 0.3 is 0 Å². The fraction of sp³-hybridized carbons (Fsp3) is 0.333.